The fourth-order valence-corrected chi connectivity index (χ4v) is 2.01. The molecule has 0 aliphatic heterocycles. The minimum absolute atomic E-state index is 0.0221. The zero-order valence-corrected chi connectivity index (χ0v) is 12.1. The summed E-state index contributed by atoms with van der Waals surface area (Å²) < 4.78 is 13.9. The van der Waals surface area contributed by atoms with Gasteiger partial charge in [0.1, 0.15) is 5.82 Å². The van der Waals surface area contributed by atoms with Crippen LogP contribution in [0.25, 0.3) is 0 Å². The minimum Gasteiger partial charge on any atom is -0.399 e. The Bertz CT molecular complexity index is 629. The summed E-state index contributed by atoms with van der Waals surface area (Å²) >= 11 is 0. The van der Waals surface area contributed by atoms with Crippen LogP contribution in [0.3, 0.4) is 0 Å². The quantitative estimate of drug-likeness (QED) is 0.880. The topological polar surface area (TPSA) is 59.2 Å². The van der Waals surface area contributed by atoms with Gasteiger partial charge in [-0.15, -0.1) is 0 Å². The lowest BCUT2D eigenvalue weighted by Gasteiger charge is -2.26. The molecular weight excluding hydrogens is 269 g/mol. The van der Waals surface area contributed by atoms with Gasteiger partial charge < -0.3 is 10.6 Å². The van der Waals surface area contributed by atoms with E-state index in [-0.39, 0.29) is 17.5 Å². The number of anilines is 1. The Labute approximate surface area is 123 Å². The molecule has 0 saturated heterocycles. The highest BCUT2D eigenvalue weighted by Gasteiger charge is 2.22. The van der Waals surface area contributed by atoms with E-state index in [2.05, 4.69) is 4.98 Å². The van der Waals surface area contributed by atoms with E-state index in [0.29, 0.717) is 12.2 Å². The number of benzene rings is 1. The highest BCUT2D eigenvalue weighted by Crippen LogP contribution is 2.17. The average molecular weight is 287 g/mol. The van der Waals surface area contributed by atoms with Crippen LogP contribution in [-0.4, -0.2) is 21.8 Å². The molecule has 110 valence electrons. The largest absolute Gasteiger partial charge is 0.399 e. The van der Waals surface area contributed by atoms with Gasteiger partial charge >= 0.3 is 0 Å². The summed E-state index contributed by atoms with van der Waals surface area (Å²) in [6.07, 6.45) is 1.67. The second-order valence-corrected chi connectivity index (χ2v) is 5.09. The third kappa shape index (κ3) is 3.56. The number of hydrogen-bond donors (Lipinski definition) is 1. The number of aromatic nitrogens is 1. The van der Waals surface area contributed by atoms with Gasteiger partial charge in [0.15, 0.2) is 0 Å². The van der Waals surface area contributed by atoms with E-state index in [4.69, 9.17) is 5.73 Å². The summed E-state index contributed by atoms with van der Waals surface area (Å²) in [6, 6.07) is 9.53. The summed E-state index contributed by atoms with van der Waals surface area (Å²) in [6.45, 7) is 4.10. The van der Waals surface area contributed by atoms with Crippen molar-refractivity contribution in [1.29, 1.82) is 0 Å². The Balaban J connectivity index is 2.27. The molecule has 2 N–H and O–H groups in total. The molecule has 1 aromatic heterocycles. The normalized spacial score (nSPS) is 10.7. The smallest absolute Gasteiger partial charge is 0.257 e. The number of nitrogen functional groups attached to an aromatic ring is 1. The van der Waals surface area contributed by atoms with Gasteiger partial charge in [-0.05, 0) is 44.2 Å². The van der Waals surface area contributed by atoms with Crippen LogP contribution in [0.2, 0.25) is 0 Å². The first kappa shape index (κ1) is 15.0. The number of halogens is 1. The molecule has 1 amide bonds. The van der Waals surface area contributed by atoms with Crippen molar-refractivity contribution < 1.29 is 9.18 Å². The van der Waals surface area contributed by atoms with Crippen molar-refractivity contribution >= 4 is 11.6 Å². The number of nitrogens with two attached hydrogens (primary N) is 1. The lowest BCUT2D eigenvalue weighted by Crippen LogP contribution is -2.37. The van der Waals surface area contributed by atoms with Gasteiger partial charge in [0.25, 0.3) is 5.91 Å². The van der Waals surface area contributed by atoms with Crippen LogP contribution in [0.4, 0.5) is 10.1 Å². The van der Waals surface area contributed by atoms with Crippen molar-refractivity contribution in [3.63, 3.8) is 0 Å². The molecule has 5 heteroatoms. The maximum absolute atomic E-state index is 13.9. The summed E-state index contributed by atoms with van der Waals surface area (Å²) in [7, 11) is 0. The molecule has 0 saturated carbocycles. The Morgan fingerprint density at radius 3 is 2.67 bits per heavy atom. The molecule has 2 rings (SSSR count). The van der Waals surface area contributed by atoms with Gasteiger partial charge in [0.05, 0.1) is 17.8 Å². The van der Waals surface area contributed by atoms with E-state index in [1.807, 2.05) is 32.0 Å². The Morgan fingerprint density at radius 1 is 1.33 bits per heavy atom. The van der Waals surface area contributed by atoms with Crippen LogP contribution >= 0.6 is 0 Å². The first-order valence-corrected chi connectivity index (χ1v) is 6.75. The number of rotatable bonds is 4. The molecule has 0 aliphatic carbocycles. The van der Waals surface area contributed by atoms with E-state index in [1.165, 1.54) is 12.1 Å². The van der Waals surface area contributed by atoms with E-state index in [0.717, 1.165) is 11.8 Å². The molecule has 4 nitrogen and oxygen atoms in total. The van der Waals surface area contributed by atoms with Gasteiger partial charge in [-0.2, -0.15) is 0 Å². The van der Waals surface area contributed by atoms with Crippen LogP contribution in [-0.2, 0) is 6.54 Å². The molecule has 0 radical (unpaired) electrons. The Hall–Kier alpha value is -2.43. The minimum atomic E-state index is -0.605. The van der Waals surface area contributed by atoms with Gasteiger partial charge in [0, 0.05) is 17.9 Å². The summed E-state index contributed by atoms with van der Waals surface area (Å²) in [5.41, 5.74) is 6.59. The van der Waals surface area contributed by atoms with Crippen molar-refractivity contribution in [2.75, 3.05) is 5.73 Å². The summed E-state index contributed by atoms with van der Waals surface area (Å²) in [5, 5.41) is 0. The zero-order chi connectivity index (χ0) is 15.4. The third-order valence-electron chi connectivity index (χ3n) is 3.17. The Morgan fingerprint density at radius 2 is 2.10 bits per heavy atom. The number of hydrogen-bond acceptors (Lipinski definition) is 3. The predicted octanol–water partition coefficient (Wildman–Crippen LogP) is 2.85. The maximum atomic E-state index is 13.9. The standard InChI is InChI=1S/C16H18FN3O/c1-11(2)20(10-13-5-3-4-8-19-13)16(21)14-7-6-12(18)9-15(14)17/h3-9,11H,10,18H2,1-2H3. The van der Waals surface area contributed by atoms with Crippen LogP contribution in [0.1, 0.15) is 29.9 Å². The molecule has 0 aliphatic rings. The molecule has 0 bridgehead atoms. The van der Waals surface area contributed by atoms with Gasteiger partial charge in [-0.3, -0.25) is 9.78 Å². The SMILES string of the molecule is CC(C)N(Cc1ccccn1)C(=O)c1ccc(N)cc1F. The predicted molar refractivity (Wildman–Crippen MR) is 80.1 cm³/mol. The zero-order valence-electron chi connectivity index (χ0n) is 12.1. The van der Waals surface area contributed by atoms with Crippen molar-refractivity contribution in [3.8, 4) is 0 Å². The average Bonchev–Trinajstić information content (AvgIpc) is 2.45. The molecule has 0 spiro atoms. The highest BCUT2D eigenvalue weighted by atomic mass is 19.1. The van der Waals surface area contributed by atoms with Gasteiger partial charge in [-0.1, -0.05) is 6.07 Å². The lowest BCUT2D eigenvalue weighted by molar-refractivity contribution is 0.0683. The monoisotopic (exact) mass is 287 g/mol. The first-order valence-electron chi connectivity index (χ1n) is 6.75. The number of amides is 1. The maximum Gasteiger partial charge on any atom is 0.257 e. The summed E-state index contributed by atoms with van der Waals surface area (Å²) in [5.74, 6) is -0.972. The molecule has 2 aromatic rings. The molecule has 0 unspecified atom stereocenters. The highest BCUT2D eigenvalue weighted by molar-refractivity contribution is 5.95. The third-order valence-corrected chi connectivity index (χ3v) is 3.17. The number of pyridine rings is 1. The molecule has 0 fully saturated rings. The fourth-order valence-electron chi connectivity index (χ4n) is 2.01. The van der Waals surface area contributed by atoms with Crippen molar-refractivity contribution in [1.82, 2.24) is 9.88 Å². The summed E-state index contributed by atoms with van der Waals surface area (Å²) in [4.78, 5) is 18.3. The van der Waals surface area contributed by atoms with Crippen LogP contribution < -0.4 is 5.73 Å². The van der Waals surface area contributed by atoms with Crippen molar-refractivity contribution in [3.05, 3.63) is 59.7 Å². The lowest BCUT2D eigenvalue weighted by atomic mass is 10.1. The van der Waals surface area contributed by atoms with E-state index >= 15 is 0 Å². The molecule has 1 aromatic carbocycles. The molecule has 0 atom stereocenters. The number of carbonyl (C=O) groups excluding carboxylic acids is 1. The first-order chi connectivity index (χ1) is 9.99. The van der Waals surface area contributed by atoms with Gasteiger partial charge in [0.2, 0.25) is 0 Å². The number of nitrogens with zero attached hydrogens (tertiary/aromatic N) is 2. The van der Waals surface area contributed by atoms with E-state index < -0.39 is 5.82 Å². The van der Waals surface area contributed by atoms with Crippen LogP contribution in [0.15, 0.2) is 42.6 Å². The molecule has 1 heterocycles. The van der Waals surface area contributed by atoms with Crippen LogP contribution in [0.5, 0.6) is 0 Å². The molecular formula is C16H18FN3O. The second-order valence-electron chi connectivity index (χ2n) is 5.09. The van der Waals surface area contributed by atoms with Crippen LogP contribution in [0, 0.1) is 5.82 Å². The Kier molecular flexibility index (Phi) is 4.52. The van der Waals surface area contributed by atoms with Crippen molar-refractivity contribution in [2.45, 2.75) is 26.4 Å². The fraction of sp³-hybridized carbons (Fsp3) is 0.250. The van der Waals surface area contributed by atoms with E-state index in [1.54, 1.807) is 11.1 Å². The number of carbonyl (C=O) groups is 1. The molecule has 21 heavy (non-hydrogen) atoms. The van der Waals surface area contributed by atoms with Crippen molar-refractivity contribution in [2.24, 2.45) is 0 Å². The van der Waals surface area contributed by atoms with E-state index in [9.17, 15) is 9.18 Å². The van der Waals surface area contributed by atoms with Gasteiger partial charge in [-0.25, -0.2) is 4.39 Å². The second kappa shape index (κ2) is 6.35.